The molecule has 0 spiro atoms. The molecule has 0 N–H and O–H groups in total. The monoisotopic (exact) mass is 1890 g/mol. The second-order valence-corrected chi connectivity index (χ2v) is 33.7. The molecule has 0 aliphatic carbocycles. The Morgan fingerprint density at radius 2 is 0.322 bits per heavy atom. The van der Waals surface area contributed by atoms with E-state index in [1.165, 1.54) is 0 Å². The van der Waals surface area contributed by atoms with Crippen molar-refractivity contribution in [1.29, 1.82) is 0 Å². The SMILES string of the molecule is Cc1ccc2nc(-c3ccc(N(c4ccccn4)c4ccccn4)cc3)c(-c3ccc(N(c4ccccn4)c4ccccn4)cc3)nc2c1.Cc1cccc2nc(-c3ccc(N(c4ccccn4)c4ccccn4)cc3)c(-c3ccc(N(c4ccccn4)c4ccccn4)cc3)nc12.c1ccc(N(c2ccc(-c3nc4ccccc4nc3-c3ccc(N(c4ccccn4)c4ccccn4)cc3)cc2)c2ccccn2)nc1. The lowest BCUT2D eigenvalue weighted by Gasteiger charge is -2.23. The second kappa shape index (κ2) is 42.5. The molecule has 0 radical (unpaired) electrons. The van der Waals surface area contributed by atoms with Crippen molar-refractivity contribution >= 4 is 137 Å². The highest BCUT2D eigenvalue weighted by atomic mass is 15.3. The number of rotatable bonds is 24. The zero-order chi connectivity index (χ0) is 98.1. The fourth-order valence-corrected chi connectivity index (χ4v) is 17.3. The van der Waals surface area contributed by atoms with Crippen molar-refractivity contribution < 1.29 is 0 Å². The van der Waals surface area contributed by atoms with Crippen LogP contribution in [-0.4, -0.2) is 89.7 Å². The average molecular weight is 1890 g/mol. The number of hydrogen-bond acceptors (Lipinski definition) is 24. The molecule has 0 amide bonds. The minimum atomic E-state index is 0.778. The van der Waals surface area contributed by atoms with Gasteiger partial charge in [-0.2, -0.15) is 0 Å². The van der Waals surface area contributed by atoms with E-state index >= 15 is 0 Å². The molecule has 0 aliphatic rings. The molecule has 0 saturated carbocycles. The van der Waals surface area contributed by atoms with E-state index in [0.29, 0.717) is 0 Å². The van der Waals surface area contributed by atoms with Crippen molar-refractivity contribution in [3.63, 3.8) is 0 Å². The van der Waals surface area contributed by atoms with Crippen molar-refractivity contribution in [1.82, 2.24) is 89.7 Å². The summed E-state index contributed by atoms with van der Waals surface area (Å²) in [6, 6.07) is 140. The fraction of sp³-hybridized carbons (Fsp3) is 0.0164. The number of para-hydroxylation sites is 3. The third-order valence-electron chi connectivity index (χ3n) is 24.2. The number of aryl methyl sites for hydroxylation is 2. The lowest BCUT2D eigenvalue weighted by molar-refractivity contribution is 1.12. The number of pyridine rings is 12. The first-order chi connectivity index (χ1) is 72.2. The molecule has 0 aliphatic heterocycles. The standard InChI is InChI=1S/2C41H30N8.C40H28N8/c1-29-11-10-12-34-39(29)47-41(31-19-23-33(24-20-31)49(37-15-4-8-27-44-37)38-16-5-9-28-45-38)40(46-34)30-17-21-32(22-18-30)48(35-13-2-6-25-42-35)36-14-3-7-26-43-36;1-29-14-23-34-35(28-29)47-41(31-17-21-33(22-18-31)49(38-12-4-8-26-44-38)39-13-5-9-27-45-39)40(46-34)30-15-19-32(20-16-30)48(36-10-2-6-24-42-36)37-11-3-7-25-43-37;1-2-12-34-33(11-1)45-39(29-17-21-31(22-18-29)47(35-13-3-7-25-41-35)36-14-4-8-26-42-36)40(46-34)30-19-23-32(24-20-30)48(37-15-5-9-27-43-37)38-16-6-10-28-44-38/h2*2-28H,1H3;1-28H. The summed E-state index contributed by atoms with van der Waals surface area (Å²) < 4.78 is 0. The van der Waals surface area contributed by atoms with E-state index in [0.717, 1.165) is 216 Å². The van der Waals surface area contributed by atoms with Crippen LogP contribution in [0.3, 0.4) is 0 Å². The number of nitrogens with zero attached hydrogens (tertiary/aromatic N) is 24. The van der Waals surface area contributed by atoms with Gasteiger partial charge in [-0.1, -0.05) is 176 Å². The molecule has 24 nitrogen and oxygen atoms in total. The molecule has 0 bridgehead atoms. The lowest BCUT2D eigenvalue weighted by Crippen LogP contribution is -2.12. The summed E-state index contributed by atoms with van der Waals surface area (Å²) in [5.41, 5.74) is 23.3. The maximum Gasteiger partial charge on any atom is 0.138 e. The van der Waals surface area contributed by atoms with Gasteiger partial charge in [-0.25, -0.2) is 89.7 Å². The van der Waals surface area contributed by atoms with E-state index in [1.807, 2.05) is 290 Å². The Labute approximate surface area is 842 Å². The number of benzene rings is 9. The van der Waals surface area contributed by atoms with Crippen LogP contribution in [0.25, 0.3) is 101 Å². The molecule has 15 heterocycles. The molecule has 24 rings (SSSR count). The molecule has 24 heteroatoms. The lowest BCUT2D eigenvalue weighted by atomic mass is 10.0. The van der Waals surface area contributed by atoms with Crippen LogP contribution in [0.15, 0.2) is 499 Å². The summed E-state index contributed by atoms with van der Waals surface area (Å²) in [6.07, 6.45) is 21.4. The van der Waals surface area contributed by atoms with Crippen molar-refractivity contribution in [3.05, 3.63) is 510 Å². The van der Waals surface area contributed by atoms with Crippen LogP contribution in [0.4, 0.5) is 104 Å². The Morgan fingerprint density at radius 1 is 0.144 bits per heavy atom. The molecule has 0 unspecified atom stereocenters. The van der Waals surface area contributed by atoms with Gasteiger partial charge in [0.25, 0.3) is 0 Å². The average Bonchev–Trinajstić information content (AvgIpc) is 0.771. The van der Waals surface area contributed by atoms with Gasteiger partial charge in [0.1, 0.15) is 69.8 Å². The van der Waals surface area contributed by atoms with Crippen molar-refractivity contribution in [3.8, 4) is 67.5 Å². The quantitative estimate of drug-likeness (QED) is 0.0545. The van der Waals surface area contributed by atoms with Crippen molar-refractivity contribution in [2.45, 2.75) is 13.8 Å². The molecular formula is C122H88N24. The Hall–Kier alpha value is -20.4. The smallest absolute Gasteiger partial charge is 0.138 e. The van der Waals surface area contributed by atoms with Crippen LogP contribution in [0.2, 0.25) is 0 Å². The largest absolute Gasteiger partial charge is 0.279 e. The number of hydrogen-bond donors (Lipinski definition) is 0. The van der Waals surface area contributed by atoms with Crippen LogP contribution in [0.5, 0.6) is 0 Å². The molecular weight excluding hydrogens is 1800 g/mol. The zero-order valence-corrected chi connectivity index (χ0v) is 79.1. The molecule has 696 valence electrons. The summed E-state index contributed by atoms with van der Waals surface area (Å²) in [7, 11) is 0. The molecule has 0 atom stereocenters. The van der Waals surface area contributed by atoms with Crippen LogP contribution in [0.1, 0.15) is 11.1 Å². The summed E-state index contributed by atoms with van der Waals surface area (Å²) >= 11 is 0. The fourth-order valence-electron chi connectivity index (χ4n) is 17.3. The molecule has 146 heavy (non-hydrogen) atoms. The van der Waals surface area contributed by atoms with Gasteiger partial charge in [-0.05, 0) is 274 Å². The number of aromatic nitrogens is 18. The number of anilines is 18. The van der Waals surface area contributed by atoms with Gasteiger partial charge < -0.3 is 0 Å². The molecule has 9 aromatic carbocycles. The van der Waals surface area contributed by atoms with E-state index in [4.69, 9.17) is 29.9 Å². The molecule has 24 aromatic rings. The molecule has 0 fully saturated rings. The van der Waals surface area contributed by atoms with Crippen LogP contribution in [-0.2, 0) is 0 Å². The second-order valence-electron chi connectivity index (χ2n) is 33.7. The van der Waals surface area contributed by atoms with Gasteiger partial charge in [-0.3, -0.25) is 29.4 Å². The Bertz CT molecular complexity index is 7960. The highest BCUT2D eigenvalue weighted by molar-refractivity contribution is 5.93. The van der Waals surface area contributed by atoms with E-state index in [1.54, 1.807) is 74.4 Å². The minimum absolute atomic E-state index is 0.778. The first-order valence-corrected chi connectivity index (χ1v) is 47.4. The van der Waals surface area contributed by atoms with Gasteiger partial charge in [0.2, 0.25) is 0 Å². The van der Waals surface area contributed by atoms with Gasteiger partial charge in [0.05, 0.1) is 67.3 Å². The summed E-state index contributed by atoms with van der Waals surface area (Å²) in [4.78, 5) is 98.7. The van der Waals surface area contributed by atoms with E-state index in [2.05, 4.69) is 237 Å². The Morgan fingerprint density at radius 3 is 0.527 bits per heavy atom. The third-order valence-corrected chi connectivity index (χ3v) is 24.2. The summed E-state index contributed by atoms with van der Waals surface area (Å²) in [5, 5.41) is 0. The molecule has 15 aromatic heterocycles. The highest BCUT2D eigenvalue weighted by Gasteiger charge is 2.26. The van der Waals surface area contributed by atoms with Crippen molar-refractivity contribution in [2.75, 3.05) is 29.4 Å². The first kappa shape index (κ1) is 90.7. The van der Waals surface area contributed by atoms with Crippen LogP contribution < -0.4 is 29.4 Å². The van der Waals surface area contributed by atoms with E-state index in [9.17, 15) is 0 Å². The topological polar surface area (TPSA) is 251 Å². The van der Waals surface area contributed by atoms with Crippen LogP contribution >= 0.6 is 0 Å². The maximum absolute atomic E-state index is 5.23. The van der Waals surface area contributed by atoms with Gasteiger partial charge in [0, 0.05) is 142 Å². The van der Waals surface area contributed by atoms with Crippen molar-refractivity contribution in [2.24, 2.45) is 0 Å². The summed E-state index contributed by atoms with van der Waals surface area (Å²) in [6.45, 7) is 4.14. The normalized spacial score (nSPS) is 10.9. The first-order valence-electron chi connectivity index (χ1n) is 47.4. The summed E-state index contributed by atoms with van der Waals surface area (Å²) in [5.74, 6) is 9.34. The van der Waals surface area contributed by atoms with Crippen LogP contribution in [0, 0.1) is 13.8 Å². The minimum Gasteiger partial charge on any atom is -0.279 e. The number of fused-ring (bicyclic) bond motifs is 3. The third kappa shape index (κ3) is 19.9. The highest BCUT2D eigenvalue weighted by Crippen LogP contribution is 2.45. The van der Waals surface area contributed by atoms with E-state index in [-0.39, 0.29) is 0 Å². The predicted molar refractivity (Wildman–Crippen MR) is 582 cm³/mol. The van der Waals surface area contributed by atoms with Gasteiger partial charge in [0.15, 0.2) is 0 Å². The predicted octanol–water partition coefficient (Wildman–Crippen LogP) is 29.1. The maximum atomic E-state index is 5.23. The Kier molecular flexibility index (Phi) is 26.4. The Balaban J connectivity index is 0.000000125. The zero-order valence-electron chi connectivity index (χ0n) is 79.1. The molecule has 0 saturated heterocycles. The van der Waals surface area contributed by atoms with Gasteiger partial charge >= 0.3 is 0 Å². The van der Waals surface area contributed by atoms with Gasteiger partial charge in [-0.15, -0.1) is 0 Å². The van der Waals surface area contributed by atoms with E-state index < -0.39 is 0 Å².